The van der Waals surface area contributed by atoms with Crippen LogP contribution in [0, 0.1) is 5.41 Å². The zero-order valence-electron chi connectivity index (χ0n) is 23.8. The molecule has 0 unspecified atom stereocenters. The molecule has 3 aliphatic heterocycles. The summed E-state index contributed by atoms with van der Waals surface area (Å²) in [5, 5.41) is 5.25. The predicted molar refractivity (Wildman–Crippen MR) is 166 cm³/mol. The average Bonchev–Trinajstić information content (AvgIpc) is 3.37. The number of ether oxygens (including phenoxy) is 3. The fourth-order valence-electron chi connectivity index (χ4n) is 5.84. The van der Waals surface area contributed by atoms with Crippen LogP contribution in [0.5, 0.6) is 5.75 Å². The lowest BCUT2D eigenvalue weighted by atomic mass is 9.80. The zero-order valence-corrected chi connectivity index (χ0v) is 25.4. The van der Waals surface area contributed by atoms with Crippen molar-refractivity contribution in [2.24, 2.45) is 5.41 Å². The molecule has 3 fully saturated rings. The van der Waals surface area contributed by atoms with Crippen LogP contribution in [-0.4, -0.2) is 94.3 Å². The molecule has 12 heteroatoms. The van der Waals surface area contributed by atoms with E-state index in [0.29, 0.717) is 59.6 Å². The number of unbranched alkanes of at least 4 members (excludes halogenated alkanes) is 1. The lowest BCUT2D eigenvalue weighted by molar-refractivity contribution is -0.166. The van der Waals surface area contributed by atoms with E-state index in [-0.39, 0.29) is 16.2 Å². The molecule has 0 atom stereocenters. The SMILES string of the molecule is O=C(Nc1nc2ccc(S(=O)(=O)N3CC4(COC4)C3)cc2s1)c1cc2ccccc2cc1OCCCCN1CCOCC1. The number of nitrogens with one attached hydrogen (secondary N) is 1. The number of rotatable bonds is 10. The van der Waals surface area contributed by atoms with Crippen molar-refractivity contribution in [3.8, 4) is 5.75 Å². The second-order valence-corrected chi connectivity index (χ2v) is 14.5. The largest absolute Gasteiger partial charge is 0.493 e. The number of fused-ring (bicyclic) bond motifs is 2. The topological polar surface area (TPSA) is 110 Å². The van der Waals surface area contributed by atoms with E-state index in [1.807, 2.05) is 36.4 Å². The molecule has 1 aromatic heterocycles. The monoisotopic (exact) mass is 622 g/mol. The van der Waals surface area contributed by atoms with Crippen LogP contribution >= 0.6 is 11.3 Å². The van der Waals surface area contributed by atoms with Gasteiger partial charge in [-0.25, -0.2) is 13.4 Å². The lowest BCUT2D eigenvalue weighted by Gasteiger charge is -2.53. The number of thiazole rings is 1. The Balaban J connectivity index is 1.05. The Morgan fingerprint density at radius 2 is 1.77 bits per heavy atom. The molecule has 0 radical (unpaired) electrons. The summed E-state index contributed by atoms with van der Waals surface area (Å²) in [6.45, 7) is 7.24. The molecule has 0 saturated carbocycles. The van der Waals surface area contributed by atoms with Gasteiger partial charge in [0.2, 0.25) is 10.0 Å². The van der Waals surface area contributed by atoms with Crippen molar-refractivity contribution in [2.45, 2.75) is 17.7 Å². The van der Waals surface area contributed by atoms with Gasteiger partial charge in [0.15, 0.2) is 5.13 Å². The maximum Gasteiger partial charge on any atom is 0.261 e. The highest BCUT2D eigenvalue weighted by Crippen LogP contribution is 2.41. The first kappa shape index (κ1) is 28.6. The van der Waals surface area contributed by atoms with Crippen LogP contribution in [0.2, 0.25) is 0 Å². The molecule has 226 valence electrons. The van der Waals surface area contributed by atoms with Gasteiger partial charge in [0.1, 0.15) is 5.75 Å². The molecule has 43 heavy (non-hydrogen) atoms. The average molecular weight is 623 g/mol. The molecule has 4 aromatic rings. The van der Waals surface area contributed by atoms with Gasteiger partial charge in [-0.3, -0.25) is 15.0 Å². The molecule has 3 aromatic carbocycles. The number of anilines is 1. The third kappa shape index (κ3) is 5.87. The van der Waals surface area contributed by atoms with Crippen LogP contribution in [-0.2, 0) is 19.5 Å². The third-order valence-electron chi connectivity index (χ3n) is 8.38. The molecular formula is C31H34N4O6S2. The number of aromatic nitrogens is 1. The molecule has 3 saturated heterocycles. The highest BCUT2D eigenvalue weighted by atomic mass is 32.2. The van der Waals surface area contributed by atoms with E-state index < -0.39 is 10.0 Å². The van der Waals surface area contributed by atoms with Gasteiger partial charge in [0.25, 0.3) is 5.91 Å². The smallest absolute Gasteiger partial charge is 0.261 e. The van der Waals surface area contributed by atoms with Crippen molar-refractivity contribution >= 4 is 53.4 Å². The van der Waals surface area contributed by atoms with Gasteiger partial charge in [-0.15, -0.1) is 0 Å². The first-order valence-corrected chi connectivity index (χ1v) is 16.9. The number of carbonyl (C=O) groups is 1. The quantitative estimate of drug-likeness (QED) is 0.262. The van der Waals surface area contributed by atoms with Gasteiger partial charge >= 0.3 is 0 Å². The van der Waals surface area contributed by atoms with Gasteiger partial charge in [0, 0.05) is 31.6 Å². The predicted octanol–water partition coefficient (Wildman–Crippen LogP) is 4.21. The van der Waals surface area contributed by atoms with Crippen molar-refractivity contribution < 1.29 is 27.4 Å². The maximum atomic E-state index is 13.6. The summed E-state index contributed by atoms with van der Waals surface area (Å²) >= 11 is 1.25. The zero-order chi connectivity index (χ0) is 29.4. The second-order valence-electron chi connectivity index (χ2n) is 11.6. The summed E-state index contributed by atoms with van der Waals surface area (Å²) in [7, 11) is -3.60. The van der Waals surface area contributed by atoms with Gasteiger partial charge in [0.05, 0.1) is 53.7 Å². The van der Waals surface area contributed by atoms with Crippen LogP contribution in [0.4, 0.5) is 5.13 Å². The Hall–Kier alpha value is -3.13. The molecule has 0 bridgehead atoms. The standard InChI is InChI=1S/C31H34N4O6S2/c36-29(25-15-22-5-1-2-6-23(22)16-27(25)41-12-4-3-9-34-10-13-39-14-11-34)33-30-32-26-8-7-24(17-28(26)42-30)43(37,38)35-18-31(19-35)20-40-21-31/h1-2,5-8,15-17H,3-4,9-14,18-21H2,(H,32,33,36). The Morgan fingerprint density at radius 3 is 2.51 bits per heavy atom. The Morgan fingerprint density at radius 1 is 1.00 bits per heavy atom. The van der Waals surface area contributed by atoms with E-state index in [2.05, 4.69) is 15.2 Å². The van der Waals surface area contributed by atoms with Crippen LogP contribution in [0.1, 0.15) is 23.2 Å². The number of nitrogens with zero attached hydrogens (tertiary/aromatic N) is 3. The van der Waals surface area contributed by atoms with Gasteiger partial charge in [-0.1, -0.05) is 35.6 Å². The summed E-state index contributed by atoms with van der Waals surface area (Å²) in [5.41, 5.74) is 1.05. The third-order valence-corrected chi connectivity index (χ3v) is 11.1. The van der Waals surface area contributed by atoms with E-state index in [1.54, 1.807) is 18.2 Å². The minimum atomic E-state index is -3.60. The molecule has 3 aliphatic rings. The van der Waals surface area contributed by atoms with Crippen LogP contribution < -0.4 is 10.1 Å². The molecule has 1 spiro atoms. The van der Waals surface area contributed by atoms with Crippen molar-refractivity contribution in [1.82, 2.24) is 14.2 Å². The van der Waals surface area contributed by atoms with Gasteiger partial charge in [-0.05, 0) is 60.5 Å². The molecule has 1 N–H and O–H groups in total. The Kier molecular flexibility index (Phi) is 7.83. The number of sulfonamides is 1. The number of morpholine rings is 1. The van der Waals surface area contributed by atoms with Gasteiger partial charge < -0.3 is 14.2 Å². The Bertz CT molecular complexity index is 1760. The van der Waals surface area contributed by atoms with E-state index in [1.165, 1.54) is 15.6 Å². The molecule has 0 aliphatic carbocycles. The summed E-state index contributed by atoms with van der Waals surface area (Å²) in [4.78, 5) is 20.7. The molecular weight excluding hydrogens is 588 g/mol. The van der Waals surface area contributed by atoms with Crippen LogP contribution in [0.25, 0.3) is 21.0 Å². The van der Waals surface area contributed by atoms with E-state index in [4.69, 9.17) is 14.2 Å². The molecule has 4 heterocycles. The van der Waals surface area contributed by atoms with Crippen molar-refractivity contribution in [3.63, 3.8) is 0 Å². The molecule has 10 nitrogen and oxygen atoms in total. The van der Waals surface area contributed by atoms with Crippen LogP contribution in [0.15, 0.2) is 59.5 Å². The summed E-state index contributed by atoms with van der Waals surface area (Å²) < 4.78 is 45.4. The summed E-state index contributed by atoms with van der Waals surface area (Å²) in [5.74, 6) is 0.204. The first-order valence-electron chi connectivity index (χ1n) is 14.6. The summed E-state index contributed by atoms with van der Waals surface area (Å²) in [6, 6.07) is 16.5. The number of hydrogen-bond donors (Lipinski definition) is 1. The fourth-order valence-corrected chi connectivity index (χ4v) is 8.51. The second kappa shape index (κ2) is 11.8. The minimum Gasteiger partial charge on any atom is -0.493 e. The minimum absolute atomic E-state index is 0.00659. The highest BCUT2D eigenvalue weighted by molar-refractivity contribution is 7.89. The number of hydrogen-bond acceptors (Lipinski definition) is 9. The van der Waals surface area contributed by atoms with Crippen molar-refractivity contribution in [1.29, 1.82) is 0 Å². The number of amides is 1. The van der Waals surface area contributed by atoms with E-state index in [9.17, 15) is 13.2 Å². The highest BCUT2D eigenvalue weighted by Gasteiger charge is 2.53. The van der Waals surface area contributed by atoms with Crippen molar-refractivity contribution in [2.75, 3.05) is 71.1 Å². The Labute approximate surface area is 254 Å². The normalized spacial score (nSPS) is 18.9. The van der Waals surface area contributed by atoms with Crippen molar-refractivity contribution in [3.05, 3.63) is 60.2 Å². The summed E-state index contributed by atoms with van der Waals surface area (Å²) in [6.07, 6.45) is 1.88. The van der Waals surface area contributed by atoms with Gasteiger partial charge in [-0.2, -0.15) is 4.31 Å². The first-order chi connectivity index (χ1) is 20.9. The van der Waals surface area contributed by atoms with Crippen LogP contribution in [0.3, 0.4) is 0 Å². The number of benzene rings is 3. The maximum absolute atomic E-state index is 13.6. The lowest BCUT2D eigenvalue weighted by Crippen LogP contribution is -2.66. The number of carbonyl (C=O) groups excluding carboxylic acids is 1. The fraction of sp³-hybridized carbons (Fsp3) is 0.419. The van der Waals surface area contributed by atoms with E-state index in [0.717, 1.165) is 56.5 Å². The molecule has 7 rings (SSSR count). The van der Waals surface area contributed by atoms with E-state index >= 15 is 0 Å². The molecule has 1 amide bonds.